The number of nitrogens with zero attached hydrogens (tertiary/aromatic N) is 2. The van der Waals surface area contributed by atoms with Crippen LogP contribution >= 0.6 is 0 Å². The number of carbonyl (C=O) groups is 1. The highest BCUT2D eigenvalue weighted by Gasteiger charge is 2.35. The quantitative estimate of drug-likeness (QED) is 0.844. The molecular weight excluding hydrogens is 268 g/mol. The Balaban J connectivity index is 1.75. The predicted octanol–water partition coefficient (Wildman–Crippen LogP) is 2.17. The molecule has 5 heteroatoms. The maximum Gasteiger partial charge on any atom is 0.279 e. The van der Waals surface area contributed by atoms with E-state index in [-0.39, 0.29) is 11.9 Å². The number of amides is 1. The highest BCUT2D eigenvalue weighted by molar-refractivity contribution is 5.93. The van der Waals surface area contributed by atoms with Crippen molar-refractivity contribution in [2.24, 2.45) is 5.92 Å². The summed E-state index contributed by atoms with van der Waals surface area (Å²) in [6, 6.07) is 3.23. The number of aromatic nitrogens is 1. The van der Waals surface area contributed by atoms with Gasteiger partial charge in [0.15, 0.2) is 0 Å². The summed E-state index contributed by atoms with van der Waals surface area (Å²) in [6.07, 6.45) is 8.57. The molecule has 21 heavy (non-hydrogen) atoms. The highest BCUT2D eigenvalue weighted by atomic mass is 16.7. The van der Waals surface area contributed by atoms with Gasteiger partial charge < -0.3 is 5.11 Å². The van der Waals surface area contributed by atoms with E-state index in [0.29, 0.717) is 18.1 Å². The van der Waals surface area contributed by atoms with Crippen LogP contribution < -0.4 is 0 Å². The fraction of sp³-hybridized carbons (Fsp3) is 0.625. The fourth-order valence-electron chi connectivity index (χ4n) is 2.76. The first kappa shape index (κ1) is 14.5. The smallest absolute Gasteiger partial charge is 0.279 e. The van der Waals surface area contributed by atoms with Crippen LogP contribution in [0.4, 0.5) is 0 Å². The SMILES string of the molecule is O=C(c1cccnc1)N(OCC1CC1)[C@@H]1CCCC[C@H]1O. The molecule has 2 saturated carbocycles. The molecule has 0 aliphatic heterocycles. The van der Waals surface area contributed by atoms with Gasteiger partial charge in [0, 0.05) is 12.4 Å². The molecule has 1 amide bonds. The van der Waals surface area contributed by atoms with Crippen molar-refractivity contribution in [1.29, 1.82) is 0 Å². The van der Waals surface area contributed by atoms with Gasteiger partial charge in [-0.3, -0.25) is 14.6 Å². The molecule has 2 fully saturated rings. The normalized spacial score (nSPS) is 25.6. The van der Waals surface area contributed by atoms with Crippen LogP contribution in [0.1, 0.15) is 48.9 Å². The molecule has 1 heterocycles. The Morgan fingerprint density at radius 1 is 1.33 bits per heavy atom. The first-order valence-electron chi connectivity index (χ1n) is 7.80. The van der Waals surface area contributed by atoms with Gasteiger partial charge in [0.05, 0.1) is 24.3 Å². The minimum Gasteiger partial charge on any atom is -0.391 e. The van der Waals surface area contributed by atoms with Gasteiger partial charge in [-0.2, -0.15) is 0 Å². The maximum absolute atomic E-state index is 12.7. The second kappa shape index (κ2) is 6.54. The lowest BCUT2D eigenvalue weighted by Crippen LogP contribution is -2.48. The van der Waals surface area contributed by atoms with E-state index in [4.69, 9.17) is 4.84 Å². The van der Waals surface area contributed by atoms with E-state index in [0.717, 1.165) is 25.7 Å². The molecule has 0 saturated heterocycles. The average molecular weight is 290 g/mol. The van der Waals surface area contributed by atoms with Gasteiger partial charge in [-0.05, 0) is 43.7 Å². The molecule has 0 unspecified atom stereocenters. The molecule has 3 rings (SSSR count). The third kappa shape index (κ3) is 3.60. The summed E-state index contributed by atoms with van der Waals surface area (Å²) in [7, 11) is 0. The third-order valence-corrected chi connectivity index (χ3v) is 4.25. The topological polar surface area (TPSA) is 62.7 Å². The number of rotatable bonds is 5. The van der Waals surface area contributed by atoms with Crippen molar-refractivity contribution in [2.45, 2.75) is 50.7 Å². The molecule has 114 valence electrons. The van der Waals surface area contributed by atoms with Crippen LogP contribution in [-0.2, 0) is 4.84 Å². The molecular formula is C16H22N2O3. The summed E-state index contributed by atoms with van der Waals surface area (Å²) in [5.74, 6) is 0.365. The lowest BCUT2D eigenvalue weighted by atomic mass is 9.92. The Kier molecular flexibility index (Phi) is 4.51. The van der Waals surface area contributed by atoms with Crippen LogP contribution in [0.3, 0.4) is 0 Å². The van der Waals surface area contributed by atoms with E-state index in [1.807, 2.05) is 0 Å². The van der Waals surface area contributed by atoms with Gasteiger partial charge in [-0.25, -0.2) is 5.06 Å². The largest absolute Gasteiger partial charge is 0.391 e. The maximum atomic E-state index is 12.7. The monoisotopic (exact) mass is 290 g/mol. The van der Waals surface area contributed by atoms with Crippen molar-refractivity contribution >= 4 is 5.91 Å². The van der Waals surface area contributed by atoms with Crippen LogP contribution in [0.5, 0.6) is 0 Å². The lowest BCUT2D eigenvalue weighted by Gasteiger charge is -2.36. The number of carbonyl (C=O) groups excluding carboxylic acids is 1. The van der Waals surface area contributed by atoms with Crippen molar-refractivity contribution in [1.82, 2.24) is 10.0 Å². The van der Waals surface area contributed by atoms with Crippen molar-refractivity contribution in [3.8, 4) is 0 Å². The Hall–Kier alpha value is -1.46. The molecule has 0 radical (unpaired) electrons. The second-order valence-electron chi connectivity index (χ2n) is 6.03. The highest BCUT2D eigenvalue weighted by Crippen LogP contribution is 2.31. The third-order valence-electron chi connectivity index (χ3n) is 4.25. The minimum absolute atomic E-state index is 0.199. The first-order chi connectivity index (χ1) is 10.3. The molecule has 5 nitrogen and oxygen atoms in total. The van der Waals surface area contributed by atoms with Crippen LogP contribution in [-0.4, -0.2) is 39.8 Å². The molecule has 1 aromatic heterocycles. The average Bonchev–Trinajstić information content (AvgIpc) is 3.34. The Labute approximate surface area is 124 Å². The number of aliphatic hydroxyl groups excluding tert-OH is 1. The number of hydroxylamine groups is 2. The van der Waals surface area contributed by atoms with E-state index in [1.165, 1.54) is 17.9 Å². The second-order valence-corrected chi connectivity index (χ2v) is 6.03. The number of pyridine rings is 1. The van der Waals surface area contributed by atoms with Gasteiger partial charge in [0.2, 0.25) is 0 Å². The van der Waals surface area contributed by atoms with Gasteiger partial charge in [-0.1, -0.05) is 12.8 Å². The summed E-state index contributed by atoms with van der Waals surface area (Å²) >= 11 is 0. The standard InChI is InChI=1S/C16H22N2O3/c19-15-6-2-1-5-14(15)18(21-11-12-7-8-12)16(20)13-4-3-9-17-10-13/h3-4,9-10,12,14-15,19H,1-2,5-8,11H2/t14-,15-/m1/s1. The number of hydrogen-bond donors (Lipinski definition) is 1. The molecule has 2 aliphatic carbocycles. The van der Waals surface area contributed by atoms with Gasteiger partial charge in [0.25, 0.3) is 5.91 Å². The lowest BCUT2D eigenvalue weighted by molar-refractivity contribution is -0.179. The number of hydrogen-bond acceptors (Lipinski definition) is 4. The van der Waals surface area contributed by atoms with E-state index >= 15 is 0 Å². The zero-order chi connectivity index (χ0) is 14.7. The first-order valence-corrected chi connectivity index (χ1v) is 7.80. The van der Waals surface area contributed by atoms with Crippen molar-refractivity contribution in [2.75, 3.05) is 6.61 Å². The van der Waals surface area contributed by atoms with Crippen LogP contribution in [0.15, 0.2) is 24.5 Å². The van der Waals surface area contributed by atoms with Gasteiger partial charge in [0.1, 0.15) is 0 Å². The van der Waals surface area contributed by atoms with E-state index in [2.05, 4.69) is 4.98 Å². The van der Waals surface area contributed by atoms with Gasteiger partial charge >= 0.3 is 0 Å². The van der Waals surface area contributed by atoms with E-state index in [1.54, 1.807) is 24.5 Å². The van der Waals surface area contributed by atoms with E-state index < -0.39 is 6.10 Å². The van der Waals surface area contributed by atoms with Crippen LogP contribution in [0.25, 0.3) is 0 Å². The molecule has 0 bridgehead atoms. The summed E-state index contributed by atoms with van der Waals surface area (Å²) in [4.78, 5) is 22.5. The summed E-state index contributed by atoms with van der Waals surface area (Å²) in [5.41, 5.74) is 0.506. The Morgan fingerprint density at radius 3 is 2.81 bits per heavy atom. The zero-order valence-electron chi connectivity index (χ0n) is 12.1. The molecule has 2 atom stereocenters. The molecule has 1 aromatic rings. The number of aliphatic hydroxyl groups is 1. The van der Waals surface area contributed by atoms with Crippen LogP contribution in [0.2, 0.25) is 0 Å². The van der Waals surface area contributed by atoms with Gasteiger partial charge in [-0.15, -0.1) is 0 Å². The molecule has 0 spiro atoms. The Bertz CT molecular complexity index is 476. The molecule has 1 N–H and O–H groups in total. The summed E-state index contributed by atoms with van der Waals surface area (Å²) in [6.45, 7) is 0.565. The predicted molar refractivity (Wildman–Crippen MR) is 77.3 cm³/mol. The van der Waals surface area contributed by atoms with Crippen molar-refractivity contribution in [3.63, 3.8) is 0 Å². The fourth-order valence-corrected chi connectivity index (χ4v) is 2.76. The summed E-state index contributed by atoms with van der Waals surface area (Å²) in [5, 5.41) is 11.6. The van der Waals surface area contributed by atoms with E-state index in [9.17, 15) is 9.90 Å². The summed E-state index contributed by atoms with van der Waals surface area (Å²) < 4.78 is 0. The molecule has 0 aromatic carbocycles. The van der Waals surface area contributed by atoms with Crippen molar-refractivity contribution < 1.29 is 14.7 Å². The zero-order valence-corrected chi connectivity index (χ0v) is 12.1. The van der Waals surface area contributed by atoms with Crippen LogP contribution in [0, 0.1) is 5.92 Å². The van der Waals surface area contributed by atoms with Crippen molar-refractivity contribution in [3.05, 3.63) is 30.1 Å². The minimum atomic E-state index is -0.501. The Morgan fingerprint density at radius 2 is 2.14 bits per heavy atom. The molecule has 2 aliphatic rings.